The predicted octanol–water partition coefficient (Wildman–Crippen LogP) is 0.434. The third-order valence-corrected chi connectivity index (χ3v) is 2.89. The Morgan fingerprint density at radius 2 is 2.41 bits per heavy atom. The maximum Gasteiger partial charge on any atom is 0.491 e. The van der Waals surface area contributed by atoms with E-state index in [9.17, 15) is 9.82 Å². The molecule has 0 aliphatic carbocycles. The van der Waals surface area contributed by atoms with Crippen LogP contribution in [-0.4, -0.2) is 24.6 Å². The number of rotatable bonds is 4. The molecule has 1 aromatic rings. The van der Waals surface area contributed by atoms with Gasteiger partial charge in [-0.25, -0.2) is 0 Å². The number of hydrogen-bond acceptors (Lipinski definition) is 3. The van der Waals surface area contributed by atoms with Crippen molar-refractivity contribution in [1.29, 1.82) is 0 Å². The molecule has 0 saturated heterocycles. The lowest BCUT2D eigenvalue weighted by Gasteiger charge is -2.06. The van der Waals surface area contributed by atoms with Crippen LogP contribution in [0.4, 0.5) is 0 Å². The van der Waals surface area contributed by atoms with Gasteiger partial charge in [-0.2, -0.15) is 0 Å². The first-order valence-electron chi connectivity index (χ1n) is 5.93. The average Bonchev–Trinajstić information content (AvgIpc) is 2.71. The summed E-state index contributed by atoms with van der Waals surface area (Å²) < 4.78 is 5.08. The van der Waals surface area contributed by atoms with Gasteiger partial charge in [-0.15, -0.1) is 0 Å². The van der Waals surface area contributed by atoms with Crippen molar-refractivity contribution in [3.63, 3.8) is 0 Å². The molecule has 0 fully saturated rings. The molecule has 0 spiro atoms. The van der Waals surface area contributed by atoms with Crippen LogP contribution in [0.2, 0.25) is 0 Å². The first kappa shape index (κ1) is 12.1. The molecule has 1 aliphatic heterocycles. The smallest absolute Gasteiger partial charge is 0.423 e. The summed E-state index contributed by atoms with van der Waals surface area (Å²) in [6.07, 6.45) is 2.03. The van der Waals surface area contributed by atoms with E-state index >= 15 is 0 Å². The van der Waals surface area contributed by atoms with Crippen molar-refractivity contribution in [3.8, 4) is 0 Å². The quantitative estimate of drug-likeness (QED) is 0.585. The molecular formula is C12H16BNO3. The fraction of sp³-hybridized carbons (Fsp3) is 0.417. The fourth-order valence-corrected chi connectivity index (χ4v) is 1.84. The van der Waals surface area contributed by atoms with Crippen LogP contribution in [0.5, 0.6) is 0 Å². The third-order valence-electron chi connectivity index (χ3n) is 2.89. The number of benzene rings is 1. The number of hydrogen-bond donors (Lipinski definition) is 2. The van der Waals surface area contributed by atoms with Crippen LogP contribution in [0.3, 0.4) is 0 Å². The summed E-state index contributed by atoms with van der Waals surface area (Å²) in [7, 11) is -0.895. The normalized spacial score (nSPS) is 13.6. The fourth-order valence-electron chi connectivity index (χ4n) is 1.84. The molecule has 0 aromatic heterocycles. The Bertz CT molecular complexity index is 422. The highest BCUT2D eigenvalue weighted by Gasteiger charge is 2.27. The Morgan fingerprint density at radius 3 is 3.18 bits per heavy atom. The van der Waals surface area contributed by atoms with Gasteiger partial charge in [0.25, 0.3) is 5.91 Å². The van der Waals surface area contributed by atoms with E-state index in [4.69, 9.17) is 4.65 Å². The van der Waals surface area contributed by atoms with E-state index in [1.807, 2.05) is 6.07 Å². The minimum atomic E-state index is -0.895. The molecule has 1 amide bonds. The van der Waals surface area contributed by atoms with E-state index in [0.29, 0.717) is 24.2 Å². The topological polar surface area (TPSA) is 58.6 Å². The maximum atomic E-state index is 11.8. The summed E-state index contributed by atoms with van der Waals surface area (Å²) >= 11 is 0. The molecule has 1 heterocycles. The van der Waals surface area contributed by atoms with Crippen LogP contribution in [0, 0.1) is 0 Å². The second-order valence-electron chi connectivity index (χ2n) is 4.19. The van der Waals surface area contributed by atoms with Gasteiger partial charge in [0.05, 0.1) is 6.61 Å². The Morgan fingerprint density at radius 1 is 1.59 bits per heavy atom. The van der Waals surface area contributed by atoms with Gasteiger partial charge in [0, 0.05) is 12.1 Å². The summed E-state index contributed by atoms with van der Waals surface area (Å²) in [6, 6.07) is 5.30. The lowest BCUT2D eigenvalue weighted by atomic mass is 9.79. The second-order valence-corrected chi connectivity index (χ2v) is 4.19. The van der Waals surface area contributed by atoms with E-state index in [1.54, 1.807) is 12.1 Å². The molecule has 2 N–H and O–H groups in total. The van der Waals surface area contributed by atoms with Gasteiger partial charge < -0.3 is 15.0 Å². The van der Waals surface area contributed by atoms with E-state index < -0.39 is 7.12 Å². The molecule has 17 heavy (non-hydrogen) atoms. The standard InChI is InChI=1S/C12H16BNO3/c1-2-3-6-14-12(15)9-4-5-10-8-17-13(16)11(10)7-9/h4-5,7,16H,2-3,6,8H2,1H3,(H,14,15). The Labute approximate surface area is 101 Å². The molecule has 1 aromatic carbocycles. The zero-order valence-corrected chi connectivity index (χ0v) is 9.90. The second kappa shape index (κ2) is 5.34. The van der Waals surface area contributed by atoms with Gasteiger partial charge in [-0.1, -0.05) is 19.4 Å². The lowest BCUT2D eigenvalue weighted by molar-refractivity contribution is 0.0953. The van der Waals surface area contributed by atoms with Crippen molar-refractivity contribution in [2.24, 2.45) is 0 Å². The number of fused-ring (bicyclic) bond motifs is 1. The zero-order chi connectivity index (χ0) is 12.3. The van der Waals surface area contributed by atoms with Gasteiger partial charge >= 0.3 is 7.12 Å². The minimum absolute atomic E-state index is 0.0969. The van der Waals surface area contributed by atoms with Crippen LogP contribution in [0.25, 0.3) is 0 Å². The van der Waals surface area contributed by atoms with E-state index in [2.05, 4.69) is 12.2 Å². The SMILES string of the molecule is CCCCNC(=O)c1ccc2c(c1)B(O)OC2. The van der Waals surface area contributed by atoms with Crippen LogP contribution in [0.15, 0.2) is 18.2 Å². The molecule has 0 unspecified atom stereocenters. The summed E-state index contributed by atoms with van der Waals surface area (Å²) in [4.78, 5) is 11.8. The molecule has 5 heteroatoms. The Hall–Kier alpha value is -1.33. The maximum absolute atomic E-state index is 11.8. The Balaban J connectivity index is 2.07. The number of carbonyl (C=O) groups is 1. The van der Waals surface area contributed by atoms with Crippen molar-refractivity contribution in [2.75, 3.05) is 6.54 Å². The molecule has 0 atom stereocenters. The molecular weight excluding hydrogens is 217 g/mol. The first-order valence-corrected chi connectivity index (χ1v) is 5.93. The van der Waals surface area contributed by atoms with Crippen molar-refractivity contribution in [3.05, 3.63) is 29.3 Å². The molecule has 4 nitrogen and oxygen atoms in total. The van der Waals surface area contributed by atoms with Gasteiger partial charge in [0.1, 0.15) is 0 Å². The third kappa shape index (κ3) is 2.68. The Kier molecular flexibility index (Phi) is 3.81. The van der Waals surface area contributed by atoms with Gasteiger partial charge in [-0.3, -0.25) is 4.79 Å². The molecule has 2 rings (SSSR count). The molecule has 90 valence electrons. The molecule has 0 saturated carbocycles. The summed E-state index contributed by atoms with van der Waals surface area (Å²) in [5.74, 6) is -0.0969. The first-order chi connectivity index (χ1) is 8.22. The van der Waals surface area contributed by atoms with Crippen LogP contribution in [0.1, 0.15) is 35.7 Å². The van der Waals surface area contributed by atoms with E-state index in [0.717, 1.165) is 18.4 Å². The highest BCUT2D eigenvalue weighted by Crippen LogP contribution is 2.11. The van der Waals surface area contributed by atoms with Crippen LogP contribution >= 0.6 is 0 Å². The van der Waals surface area contributed by atoms with Crippen molar-refractivity contribution in [1.82, 2.24) is 5.32 Å². The van der Waals surface area contributed by atoms with Crippen molar-refractivity contribution < 1.29 is 14.5 Å². The number of unbranched alkanes of at least 4 members (excludes halogenated alkanes) is 1. The van der Waals surface area contributed by atoms with E-state index in [-0.39, 0.29) is 5.91 Å². The predicted molar refractivity (Wildman–Crippen MR) is 66.1 cm³/mol. The average molecular weight is 233 g/mol. The number of amides is 1. The van der Waals surface area contributed by atoms with Crippen LogP contribution < -0.4 is 10.8 Å². The highest BCUT2D eigenvalue weighted by atomic mass is 16.5. The van der Waals surface area contributed by atoms with Crippen molar-refractivity contribution in [2.45, 2.75) is 26.4 Å². The minimum Gasteiger partial charge on any atom is -0.423 e. The molecule has 1 aliphatic rings. The lowest BCUT2D eigenvalue weighted by Crippen LogP contribution is -2.31. The van der Waals surface area contributed by atoms with Gasteiger partial charge in [0.15, 0.2) is 0 Å². The monoisotopic (exact) mass is 233 g/mol. The number of nitrogens with one attached hydrogen (secondary N) is 1. The van der Waals surface area contributed by atoms with Gasteiger partial charge in [-0.05, 0) is 29.6 Å². The van der Waals surface area contributed by atoms with E-state index in [1.165, 1.54) is 0 Å². The molecule has 0 radical (unpaired) electrons. The highest BCUT2D eigenvalue weighted by molar-refractivity contribution is 6.61. The van der Waals surface area contributed by atoms with Gasteiger partial charge in [0.2, 0.25) is 0 Å². The van der Waals surface area contributed by atoms with Crippen molar-refractivity contribution >= 4 is 18.5 Å². The zero-order valence-electron chi connectivity index (χ0n) is 9.90. The summed E-state index contributed by atoms with van der Waals surface area (Å²) in [5.41, 5.74) is 2.22. The summed E-state index contributed by atoms with van der Waals surface area (Å²) in [6.45, 7) is 3.18. The van der Waals surface area contributed by atoms with Crippen LogP contribution in [-0.2, 0) is 11.3 Å². The molecule has 0 bridgehead atoms. The number of carbonyl (C=O) groups excluding carboxylic acids is 1. The summed E-state index contributed by atoms with van der Waals surface area (Å²) in [5, 5.41) is 12.4. The largest absolute Gasteiger partial charge is 0.491 e.